The van der Waals surface area contributed by atoms with Gasteiger partial charge in [0, 0.05) is 36.0 Å². The lowest BCUT2D eigenvalue weighted by Crippen LogP contribution is -2.34. The predicted octanol–water partition coefficient (Wildman–Crippen LogP) is 3.95. The van der Waals surface area contributed by atoms with Gasteiger partial charge in [0.25, 0.3) is 11.9 Å². The first-order valence-corrected chi connectivity index (χ1v) is 11.1. The fraction of sp³-hybridized carbons (Fsp3) is 0.320. The minimum Gasteiger partial charge on any atom is -0.497 e. The molecule has 2 N–H and O–H groups in total. The molecule has 0 saturated heterocycles. The zero-order chi connectivity index (χ0) is 24.5. The van der Waals surface area contributed by atoms with Crippen LogP contribution in [0.25, 0.3) is 11.3 Å². The molecule has 9 nitrogen and oxygen atoms in total. The van der Waals surface area contributed by atoms with E-state index in [1.165, 1.54) is 7.11 Å². The summed E-state index contributed by atoms with van der Waals surface area (Å²) in [6.45, 7) is 7.40. The van der Waals surface area contributed by atoms with Gasteiger partial charge >= 0.3 is 5.97 Å². The summed E-state index contributed by atoms with van der Waals surface area (Å²) in [5.74, 6) is 0.463. The number of methoxy groups -OCH3 is 2. The first-order chi connectivity index (χ1) is 16.5. The normalized spacial score (nSPS) is 10.7. The Hall–Kier alpha value is -3.85. The van der Waals surface area contributed by atoms with Crippen molar-refractivity contribution in [3.63, 3.8) is 0 Å². The number of hydrogen-bond donors (Lipinski definition) is 2. The number of likely N-dealkylation sites (N-methyl/N-ethyl adjacent to an activating group) is 1. The molecule has 0 aliphatic carbocycles. The predicted molar refractivity (Wildman–Crippen MR) is 130 cm³/mol. The van der Waals surface area contributed by atoms with E-state index in [0.717, 1.165) is 25.2 Å². The van der Waals surface area contributed by atoms with Gasteiger partial charge in [0.15, 0.2) is 5.76 Å². The number of benzene rings is 2. The van der Waals surface area contributed by atoms with Gasteiger partial charge in [0.05, 0.1) is 26.0 Å². The number of esters is 1. The summed E-state index contributed by atoms with van der Waals surface area (Å²) in [4.78, 5) is 30.8. The number of anilines is 2. The minimum absolute atomic E-state index is 0.187. The monoisotopic (exact) mass is 466 g/mol. The topological polar surface area (TPSA) is 106 Å². The molecular formula is C25H30N4O5. The van der Waals surface area contributed by atoms with E-state index < -0.39 is 5.97 Å². The maximum Gasteiger partial charge on any atom is 0.337 e. The third kappa shape index (κ3) is 6.35. The molecule has 1 heterocycles. The Morgan fingerprint density at radius 2 is 1.76 bits per heavy atom. The SMILES string of the molecule is CCN(CC)CCNC(=O)c1cc(Nc2ncc(-c3ccc(C(=O)OC)cc3)o2)cc(OC)c1. The summed E-state index contributed by atoms with van der Waals surface area (Å²) in [6, 6.07) is 12.2. The van der Waals surface area contributed by atoms with Gasteiger partial charge in [-0.25, -0.2) is 9.78 Å². The summed E-state index contributed by atoms with van der Waals surface area (Å²) < 4.78 is 15.9. The first-order valence-electron chi connectivity index (χ1n) is 11.1. The van der Waals surface area contributed by atoms with Crippen molar-refractivity contribution in [1.82, 2.24) is 15.2 Å². The molecule has 0 bridgehead atoms. The third-order valence-corrected chi connectivity index (χ3v) is 5.36. The van der Waals surface area contributed by atoms with Crippen molar-refractivity contribution in [3.8, 4) is 17.1 Å². The van der Waals surface area contributed by atoms with Crippen LogP contribution in [0, 0.1) is 0 Å². The van der Waals surface area contributed by atoms with Crippen molar-refractivity contribution in [3.05, 3.63) is 59.8 Å². The van der Waals surface area contributed by atoms with Crippen molar-refractivity contribution < 1.29 is 23.5 Å². The number of oxazole rings is 1. The fourth-order valence-corrected chi connectivity index (χ4v) is 3.37. The number of carbonyl (C=O) groups excluding carboxylic acids is 2. The van der Waals surface area contributed by atoms with Gasteiger partial charge < -0.3 is 29.4 Å². The Balaban J connectivity index is 1.70. The van der Waals surface area contributed by atoms with E-state index in [4.69, 9.17) is 13.9 Å². The maximum atomic E-state index is 12.7. The number of ether oxygens (including phenoxy) is 2. The lowest BCUT2D eigenvalue weighted by molar-refractivity contribution is 0.0600. The van der Waals surface area contributed by atoms with Gasteiger partial charge in [-0.05, 0) is 37.4 Å². The van der Waals surface area contributed by atoms with Crippen LogP contribution in [0.15, 0.2) is 53.1 Å². The molecule has 0 aliphatic rings. The van der Waals surface area contributed by atoms with E-state index in [0.29, 0.717) is 34.9 Å². The van der Waals surface area contributed by atoms with E-state index >= 15 is 0 Å². The van der Waals surface area contributed by atoms with Crippen LogP contribution in [0.5, 0.6) is 5.75 Å². The highest BCUT2D eigenvalue weighted by Gasteiger charge is 2.13. The molecule has 9 heteroatoms. The van der Waals surface area contributed by atoms with Gasteiger partial charge in [-0.1, -0.05) is 26.0 Å². The number of nitrogens with zero attached hydrogens (tertiary/aromatic N) is 2. The Labute approximate surface area is 199 Å². The molecule has 0 saturated carbocycles. The highest BCUT2D eigenvalue weighted by Crippen LogP contribution is 2.27. The van der Waals surface area contributed by atoms with Crippen molar-refractivity contribution >= 4 is 23.6 Å². The maximum absolute atomic E-state index is 12.7. The quantitative estimate of drug-likeness (QED) is 0.409. The standard InChI is InChI=1S/C25H30N4O5/c1-5-29(6-2)12-11-26-23(30)19-13-20(15-21(14-19)32-3)28-25-27-16-22(34-25)17-7-9-18(10-8-17)24(31)33-4/h7-10,13-16H,5-6,11-12H2,1-4H3,(H,26,30)(H,27,28). The second-order valence-corrected chi connectivity index (χ2v) is 7.46. The van der Waals surface area contributed by atoms with Gasteiger partial charge in [0.1, 0.15) is 5.75 Å². The van der Waals surface area contributed by atoms with Crippen LogP contribution in [0.4, 0.5) is 11.7 Å². The zero-order valence-electron chi connectivity index (χ0n) is 19.9. The smallest absolute Gasteiger partial charge is 0.337 e. The molecule has 0 aliphatic heterocycles. The fourth-order valence-electron chi connectivity index (χ4n) is 3.37. The number of hydrogen-bond acceptors (Lipinski definition) is 8. The van der Waals surface area contributed by atoms with Crippen LogP contribution in [0.3, 0.4) is 0 Å². The highest BCUT2D eigenvalue weighted by molar-refractivity contribution is 5.95. The molecule has 34 heavy (non-hydrogen) atoms. The van der Waals surface area contributed by atoms with E-state index in [-0.39, 0.29) is 11.9 Å². The molecule has 3 rings (SSSR count). The van der Waals surface area contributed by atoms with Crippen LogP contribution in [0.2, 0.25) is 0 Å². The summed E-state index contributed by atoms with van der Waals surface area (Å²) >= 11 is 0. The zero-order valence-corrected chi connectivity index (χ0v) is 19.9. The lowest BCUT2D eigenvalue weighted by Gasteiger charge is -2.18. The van der Waals surface area contributed by atoms with Gasteiger partial charge in [0.2, 0.25) is 0 Å². The molecular weight excluding hydrogens is 436 g/mol. The van der Waals surface area contributed by atoms with Crippen molar-refractivity contribution in [2.75, 3.05) is 45.7 Å². The van der Waals surface area contributed by atoms with Crippen molar-refractivity contribution in [2.24, 2.45) is 0 Å². The first kappa shape index (κ1) is 24.8. The van der Waals surface area contributed by atoms with Gasteiger partial charge in [-0.3, -0.25) is 4.79 Å². The Morgan fingerprint density at radius 3 is 2.41 bits per heavy atom. The molecule has 0 fully saturated rings. The number of amides is 1. The summed E-state index contributed by atoms with van der Waals surface area (Å²) in [5, 5.41) is 6.02. The molecule has 0 radical (unpaired) electrons. The van der Waals surface area contributed by atoms with E-state index in [1.807, 2.05) is 0 Å². The summed E-state index contributed by atoms with van der Waals surface area (Å²) in [5.41, 5.74) is 2.27. The van der Waals surface area contributed by atoms with Crippen molar-refractivity contribution in [1.29, 1.82) is 0 Å². The second-order valence-electron chi connectivity index (χ2n) is 7.46. The largest absolute Gasteiger partial charge is 0.497 e. The average Bonchev–Trinajstić information content (AvgIpc) is 3.34. The highest BCUT2D eigenvalue weighted by atomic mass is 16.5. The number of aromatic nitrogens is 1. The van der Waals surface area contributed by atoms with Gasteiger partial charge in [-0.15, -0.1) is 0 Å². The van der Waals surface area contributed by atoms with E-state index in [2.05, 4.69) is 34.4 Å². The molecule has 0 spiro atoms. The average molecular weight is 467 g/mol. The minimum atomic E-state index is -0.405. The van der Waals surface area contributed by atoms with Crippen LogP contribution in [-0.4, -0.2) is 62.2 Å². The van der Waals surface area contributed by atoms with E-state index in [9.17, 15) is 9.59 Å². The Bertz CT molecular complexity index is 1110. The summed E-state index contributed by atoms with van der Waals surface area (Å²) in [7, 11) is 2.88. The van der Waals surface area contributed by atoms with E-state index in [1.54, 1.807) is 55.8 Å². The summed E-state index contributed by atoms with van der Waals surface area (Å²) in [6.07, 6.45) is 1.58. The molecule has 2 aromatic carbocycles. The molecule has 3 aromatic rings. The number of nitrogens with one attached hydrogen (secondary N) is 2. The second kappa shape index (κ2) is 11.9. The molecule has 1 aromatic heterocycles. The van der Waals surface area contributed by atoms with Crippen LogP contribution in [-0.2, 0) is 4.74 Å². The molecule has 0 unspecified atom stereocenters. The Morgan fingerprint density at radius 1 is 1.03 bits per heavy atom. The lowest BCUT2D eigenvalue weighted by atomic mass is 10.1. The Kier molecular flexibility index (Phi) is 8.64. The van der Waals surface area contributed by atoms with Gasteiger partial charge in [-0.2, -0.15) is 0 Å². The molecule has 0 atom stereocenters. The van der Waals surface area contributed by atoms with Crippen molar-refractivity contribution in [2.45, 2.75) is 13.8 Å². The third-order valence-electron chi connectivity index (χ3n) is 5.36. The number of rotatable bonds is 11. The molecule has 1 amide bonds. The number of carbonyl (C=O) groups is 2. The van der Waals surface area contributed by atoms with Crippen LogP contribution >= 0.6 is 0 Å². The van der Waals surface area contributed by atoms with Crippen LogP contribution in [0.1, 0.15) is 34.6 Å². The van der Waals surface area contributed by atoms with Crippen LogP contribution < -0.4 is 15.4 Å². The molecule has 180 valence electrons.